The van der Waals surface area contributed by atoms with E-state index in [1.807, 2.05) is 68.4 Å². The van der Waals surface area contributed by atoms with Gasteiger partial charge in [-0.2, -0.15) is 0 Å². The van der Waals surface area contributed by atoms with Crippen LogP contribution in [0, 0.1) is 6.92 Å². The number of carbonyl (C=O) groups is 2. The molecule has 5 nitrogen and oxygen atoms in total. The van der Waals surface area contributed by atoms with Gasteiger partial charge in [0.15, 0.2) is 6.61 Å². The van der Waals surface area contributed by atoms with Crippen LogP contribution in [-0.2, 0) is 22.6 Å². The average molecular weight is 513 g/mol. The number of nitrogens with one attached hydrogen (secondary N) is 1. The smallest absolute Gasteiger partial charge is 0.261 e. The number of aryl methyl sites for hydroxylation is 1. The van der Waals surface area contributed by atoms with Crippen LogP contribution in [0.25, 0.3) is 0 Å². The summed E-state index contributed by atoms with van der Waals surface area (Å²) in [6, 6.07) is 21.5. The van der Waals surface area contributed by atoms with Crippen LogP contribution in [0.3, 0.4) is 0 Å². The predicted octanol–water partition coefficient (Wildman–Crippen LogP) is 5.85. The first kappa shape index (κ1) is 26.6. The molecule has 0 spiro atoms. The monoisotopic (exact) mass is 512 g/mol. The highest BCUT2D eigenvalue weighted by molar-refractivity contribution is 6.36. The molecule has 0 aliphatic carbocycles. The molecule has 0 unspecified atom stereocenters. The third-order valence-corrected chi connectivity index (χ3v) is 6.36. The summed E-state index contributed by atoms with van der Waals surface area (Å²) in [4.78, 5) is 28.4. The van der Waals surface area contributed by atoms with Crippen LogP contribution >= 0.6 is 23.2 Å². The summed E-state index contributed by atoms with van der Waals surface area (Å²) in [5, 5.41) is 3.81. The predicted molar refractivity (Wildman–Crippen MR) is 141 cm³/mol. The van der Waals surface area contributed by atoms with Gasteiger partial charge in [0.05, 0.1) is 0 Å². The summed E-state index contributed by atoms with van der Waals surface area (Å²) in [6.45, 7) is 4.26. The zero-order valence-electron chi connectivity index (χ0n) is 20.0. The molecule has 3 aromatic carbocycles. The van der Waals surface area contributed by atoms with Gasteiger partial charge in [-0.25, -0.2) is 0 Å². The van der Waals surface area contributed by atoms with Gasteiger partial charge in [0.25, 0.3) is 5.91 Å². The summed E-state index contributed by atoms with van der Waals surface area (Å²) >= 11 is 12.9. The van der Waals surface area contributed by atoms with Crippen molar-refractivity contribution >= 4 is 35.0 Å². The minimum Gasteiger partial charge on any atom is -0.484 e. The van der Waals surface area contributed by atoms with Crippen molar-refractivity contribution in [2.24, 2.45) is 0 Å². The summed E-state index contributed by atoms with van der Waals surface area (Å²) in [5.41, 5.74) is 2.44. The number of halogens is 2. The van der Waals surface area contributed by atoms with Gasteiger partial charge in [0, 0.05) is 35.1 Å². The number of benzene rings is 3. The molecule has 35 heavy (non-hydrogen) atoms. The van der Waals surface area contributed by atoms with Crippen molar-refractivity contribution in [2.45, 2.75) is 39.3 Å². The molecule has 0 saturated heterocycles. The maximum Gasteiger partial charge on any atom is 0.261 e. The molecule has 184 valence electrons. The van der Waals surface area contributed by atoms with Crippen molar-refractivity contribution < 1.29 is 14.3 Å². The molecule has 0 aliphatic rings. The number of nitrogens with zero attached hydrogens (tertiary/aromatic N) is 1. The summed E-state index contributed by atoms with van der Waals surface area (Å²) in [7, 11) is 0. The molecule has 0 bridgehead atoms. The van der Waals surface area contributed by atoms with E-state index in [-0.39, 0.29) is 25.0 Å². The number of rotatable bonds is 11. The Morgan fingerprint density at radius 3 is 2.26 bits per heavy atom. The summed E-state index contributed by atoms with van der Waals surface area (Å²) in [6.07, 6.45) is 1.12. The molecular formula is C28H30Cl2N2O3. The Hall–Kier alpha value is -3.02. The molecule has 0 aromatic heterocycles. The van der Waals surface area contributed by atoms with E-state index in [9.17, 15) is 9.59 Å². The average Bonchev–Trinajstić information content (AvgIpc) is 2.86. The van der Waals surface area contributed by atoms with Crippen LogP contribution in [0.2, 0.25) is 10.0 Å². The lowest BCUT2D eigenvalue weighted by Gasteiger charge is -2.32. The Kier molecular flexibility index (Phi) is 10.0. The van der Waals surface area contributed by atoms with E-state index in [0.29, 0.717) is 34.3 Å². The van der Waals surface area contributed by atoms with E-state index in [2.05, 4.69) is 5.32 Å². The molecule has 1 N–H and O–H groups in total. The quantitative estimate of drug-likeness (QED) is 0.350. The standard InChI is InChI=1S/C28H30Cl2N2O3/c1-3-16-31-28(34)25(17-21-11-5-4-6-12-21)32(18-22-23(29)13-9-14-24(22)30)27(33)19-35-26-15-8-7-10-20(26)2/h4-15,25H,3,16-19H2,1-2H3,(H,31,34)/t25-/m0/s1. The molecule has 3 rings (SSSR count). The van der Waals surface area contributed by atoms with Gasteiger partial charge in [-0.15, -0.1) is 0 Å². The lowest BCUT2D eigenvalue weighted by atomic mass is 10.0. The first-order valence-electron chi connectivity index (χ1n) is 11.6. The fourth-order valence-corrected chi connectivity index (χ4v) is 4.23. The van der Waals surface area contributed by atoms with Crippen LogP contribution < -0.4 is 10.1 Å². The summed E-state index contributed by atoms with van der Waals surface area (Å²) < 4.78 is 5.85. The topological polar surface area (TPSA) is 58.6 Å². The minimum atomic E-state index is -0.774. The first-order valence-corrected chi connectivity index (χ1v) is 12.4. The second-order valence-corrected chi connectivity index (χ2v) is 9.09. The number of hydrogen-bond donors (Lipinski definition) is 1. The Labute approximate surface area is 217 Å². The Bertz CT molecular complexity index is 1120. The zero-order valence-corrected chi connectivity index (χ0v) is 21.5. The van der Waals surface area contributed by atoms with Crippen molar-refractivity contribution in [3.8, 4) is 5.75 Å². The second kappa shape index (κ2) is 13.2. The van der Waals surface area contributed by atoms with Crippen LogP contribution in [0.5, 0.6) is 5.75 Å². The van der Waals surface area contributed by atoms with E-state index >= 15 is 0 Å². The Morgan fingerprint density at radius 1 is 0.943 bits per heavy atom. The number of para-hydroxylation sites is 1. The number of amides is 2. The van der Waals surface area contributed by atoms with Crippen molar-refractivity contribution in [3.63, 3.8) is 0 Å². The number of carbonyl (C=O) groups excluding carboxylic acids is 2. The van der Waals surface area contributed by atoms with Gasteiger partial charge >= 0.3 is 0 Å². The third-order valence-electron chi connectivity index (χ3n) is 5.66. The maximum absolute atomic E-state index is 13.6. The Balaban J connectivity index is 1.95. The van der Waals surface area contributed by atoms with E-state index in [0.717, 1.165) is 17.5 Å². The van der Waals surface area contributed by atoms with Crippen molar-refractivity contribution in [1.82, 2.24) is 10.2 Å². The second-order valence-electron chi connectivity index (χ2n) is 8.27. The zero-order chi connectivity index (χ0) is 25.2. The van der Waals surface area contributed by atoms with Crippen LogP contribution in [-0.4, -0.2) is 35.9 Å². The first-order chi connectivity index (χ1) is 16.9. The third kappa shape index (κ3) is 7.48. The molecular weight excluding hydrogens is 483 g/mol. The molecule has 0 radical (unpaired) electrons. The van der Waals surface area contributed by atoms with Crippen molar-refractivity contribution in [2.75, 3.05) is 13.2 Å². The summed E-state index contributed by atoms with van der Waals surface area (Å²) in [5.74, 6) is 0.0477. The normalized spacial score (nSPS) is 11.5. The molecule has 7 heteroatoms. The highest BCUT2D eigenvalue weighted by Gasteiger charge is 2.31. The lowest BCUT2D eigenvalue weighted by Crippen LogP contribution is -2.51. The highest BCUT2D eigenvalue weighted by Crippen LogP contribution is 2.27. The highest BCUT2D eigenvalue weighted by atomic mass is 35.5. The van der Waals surface area contributed by atoms with Crippen molar-refractivity contribution in [3.05, 3.63) is 99.5 Å². The Morgan fingerprint density at radius 2 is 1.60 bits per heavy atom. The number of ether oxygens (including phenoxy) is 1. The fourth-order valence-electron chi connectivity index (χ4n) is 3.71. The SMILES string of the molecule is CCCNC(=O)[C@H](Cc1ccccc1)N(Cc1c(Cl)cccc1Cl)C(=O)COc1ccccc1C. The van der Waals surface area contributed by atoms with Gasteiger partial charge in [0.2, 0.25) is 5.91 Å². The molecule has 3 aromatic rings. The van der Waals surface area contributed by atoms with E-state index in [1.165, 1.54) is 4.90 Å². The van der Waals surface area contributed by atoms with Crippen LogP contribution in [0.15, 0.2) is 72.8 Å². The van der Waals surface area contributed by atoms with Gasteiger partial charge in [-0.3, -0.25) is 9.59 Å². The minimum absolute atomic E-state index is 0.0749. The van der Waals surface area contributed by atoms with Crippen molar-refractivity contribution in [1.29, 1.82) is 0 Å². The molecule has 0 aliphatic heterocycles. The van der Waals surface area contributed by atoms with E-state index in [1.54, 1.807) is 18.2 Å². The molecule has 1 atom stereocenters. The van der Waals surface area contributed by atoms with Gasteiger partial charge in [0.1, 0.15) is 11.8 Å². The van der Waals surface area contributed by atoms with Gasteiger partial charge < -0.3 is 15.0 Å². The largest absolute Gasteiger partial charge is 0.484 e. The van der Waals surface area contributed by atoms with E-state index in [4.69, 9.17) is 27.9 Å². The van der Waals surface area contributed by atoms with Crippen LogP contribution in [0.1, 0.15) is 30.0 Å². The molecule has 0 saturated carbocycles. The lowest BCUT2D eigenvalue weighted by molar-refractivity contribution is -0.142. The van der Waals surface area contributed by atoms with Crippen LogP contribution in [0.4, 0.5) is 0 Å². The fraction of sp³-hybridized carbons (Fsp3) is 0.286. The maximum atomic E-state index is 13.6. The molecule has 0 fully saturated rings. The van der Waals surface area contributed by atoms with Gasteiger partial charge in [-0.1, -0.05) is 84.7 Å². The van der Waals surface area contributed by atoms with Gasteiger partial charge in [-0.05, 0) is 42.7 Å². The molecule has 0 heterocycles. The number of hydrogen-bond acceptors (Lipinski definition) is 3. The van der Waals surface area contributed by atoms with E-state index < -0.39 is 6.04 Å². The molecule has 2 amide bonds.